The molecule has 0 aromatic heterocycles. The molecule has 1 saturated heterocycles. The van der Waals surface area contributed by atoms with Crippen LogP contribution in [0.15, 0.2) is 24.3 Å². The highest BCUT2D eigenvalue weighted by Crippen LogP contribution is 2.31. The molecule has 0 aliphatic carbocycles. The predicted octanol–water partition coefficient (Wildman–Crippen LogP) is 1.93. The summed E-state index contributed by atoms with van der Waals surface area (Å²) in [6, 6.07) is 7.38. The van der Waals surface area contributed by atoms with Gasteiger partial charge in [0.25, 0.3) is 5.91 Å². The average Bonchev–Trinajstić information content (AvgIpc) is 2.72. The first-order valence-electron chi connectivity index (χ1n) is 6.02. The van der Waals surface area contributed by atoms with Gasteiger partial charge in [-0.15, -0.1) is 0 Å². The zero-order valence-electron chi connectivity index (χ0n) is 10.6. The number of hydrogen-bond donors (Lipinski definition) is 1. The lowest BCUT2D eigenvalue weighted by Gasteiger charge is -2.20. The minimum Gasteiger partial charge on any atom is -0.481 e. The van der Waals surface area contributed by atoms with E-state index in [0.717, 1.165) is 5.56 Å². The van der Waals surface area contributed by atoms with Crippen molar-refractivity contribution in [3.63, 3.8) is 0 Å². The molecule has 18 heavy (non-hydrogen) atoms. The molecule has 1 amide bonds. The van der Waals surface area contributed by atoms with Gasteiger partial charge in [-0.3, -0.25) is 9.59 Å². The van der Waals surface area contributed by atoms with Crippen LogP contribution in [-0.2, 0) is 4.79 Å². The van der Waals surface area contributed by atoms with Gasteiger partial charge in [-0.25, -0.2) is 0 Å². The smallest absolute Gasteiger partial charge is 0.311 e. The number of benzene rings is 1. The second-order valence-electron chi connectivity index (χ2n) is 5.21. The fourth-order valence-electron chi connectivity index (χ4n) is 2.27. The molecule has 96 valence electrons. The van der Waals surface area contributed by atoms with Gasteiger partial charge >= 0.3 is 5.97 Å². The fraction of sp³-hybridized carbons (Fsp3) is 0.429. The first kappa shape index (κ1) is 12.6. The normalized spacial score (nSPS) is 23.1. The number of hydrogen-bond acceptors (Lipinski definition) is 2. The minimum atomic E-state index is -0.831. The Labute approximate surface area is 106 Å². The van der Waals surface area contributed by atoms with Crippen molar-refractivity contribution in [2.75, 3.05) is 13.1 Å². The molecule has 4 heteroatoms. The van der Waals surface area contributed by atoms with Crippen molar-refractivity contribution in [2.24, 2.45) is 5.41 Å². The summed E-state index contributed by atoms with van der Waals surface area (Å²) in [5.74, 6) is -0.911. The summed E-state index contributed by atoms with van der Waals surface area (Å²) < 4.78 is 0. The number of carbonyl (C=O) groups is 2. The third kappa shape index (κ3) is 2.23. The van der Waals surface area contributed by atoms with Crippen molar-refractivity contribution >= 4 is 11.9 Å². The molecule has 1 aromatic carbocycles. The van der Waals surface area contributed by atoms with Crippen molar-refractivity contribution in [3.05, 3.63) is 35.4 Å². The van der Waals surface area contributed by atoms with E-state index in [2.05, 4.69) is 0 Å². The second kappa shape index (κ2) is 4.44. The van der Waals surface area contributed by atoms with E-state index >= 15 is 0 Å². The number of likely N-dealkylation sites (tertiary alicyclic amines) is 1. The van der Waals surface area contributed by atoms with E-state index in [1.807, 2.05) is 25.1 Å². The molecule has 1 atom stereocenters. The van der Waals surface area contributed by atoms with E-state index in [1.54, 1.807) is 17.9 Å². The van der Waals surface area contributed by atoms with Crippen molar-refractivity contribution in [3.8, 4) is 0 Å². The molecular formula is C14H17NO3. The standard InChI is InChI=1S/C14H17NO3/c1-10-4-3-5-11(8-10)12(16)15-7-6-14(2,9-15)13(17)18/h3-5,8H,6-7,9H2,1-2H3,(H,17,18). The predicted molar refractivity (Wildman–Crippen MR) is 67.4 cm³/mol. The highest BCUT2D eigenvalue weighted by Gasteiger charge is 2.42. The fourth-order valence-corrected chi connectivity index (χ4v) is 2.27. The topological polar surface area (TPSA) is 57.6 Å². The van der Waals surface area contributed by atoms with Crippen LogP contribution in [0.1, 0.15) is 29.3 Å². The van der Waals surface area contributed by atoms with Crippen LogP contribution in [-0.4, -0.2) is 35.0 Å². The largest absolute Gasteiger partial charge is 0.481 e. The first-order valence-corrected chi connectivity index (χ1v) is 6.02. The maximum atomic E-state index is 12.2. The Bertz CT molecular complexity index is 498. The van der Waals surface area contributed by atoms with Gasteiger partial charge in [0.2, 0.25) is 0 Å². The Hall–Kier alpha value is -1.84. The number of carbonyl (C=O) groups excluding carboxylic acids is 1. The number of carboxylic acids is 1. The number of carboxylic acid groups (broad SMARTS) is 1. The van der Waals surface area contributed by atoms with Crippen molar-refractivity contribution in [1.29, 1.82) is 0 Å². The Morgan fingerprint density at radius 1 is 1.39 bits per heavy atom. The molecular weight excluding hydrogens is 230 g/mol. The molecule has 1 N–H and O–H groups in total. The molecule has 2 rings (SSSR count). The molecule has 1 fully saturated rings. The van der Waals surface area contributed by atoms with Gasteiger partial charge < -0.3 is 10.0 Å². The molecule has 0 spiro atoms. The summed E-state index contributed by atoms with van der Waals surface area (Å²) >= 11 is 0. The Morgan fingerprint density at radius 3 is 2.67 bits per heavy atom. The van der Waals surface area contributed by atoms with Gasteiger partial charge in [0.05, 0.1) is 5.41 Å². The number of amides is 1. The maximum absolute atomic E-state index is 12.2. The summed E-state index contributed by atoms with van der Waals surface area (Å²) in [5, 5.41) is 9.15. The van der Waals surface area contributed by atoms with E-state index < -0.39 is 11.4 Å². The number of rotatable bonds is 2. The summed E-state index contributed by atoms with van der Waals surface area (Å²) in [7, 11) is 0. The van der Waals surface area contributed by atoms with E-state index in [-0.39, 0.29) is 12.5 Å². The number of nitrogens with zero attached hydrogens (tertiary/aromatic N) is 1. The van der Waals surface area contributed by atoms with E-state index in [0.29, 0.717) is 18.5 Å². The molecule has 0 bridgehead atoms. The van der Waals surface area contributed by atoms with E-state index in [1.165, 1.54) is 0 Å². The first-order chi connectivity index (χ1) is 8.42. The maximum Gasteiger partial charge on any atom is 0.311 e. The molecule has 4 nitrogen and oxygen atoms in total. The summed E-state index contributed by atoms with van der Waals surface area (Å²) in [4.78, 5) is 25.0. The van der Waals surface area contributed by atoms with Crippen molar-refractivity contribution in [1.82, 2.24) is 4.90 Å². The monoisotopic (exact) mass is 247 g/mol. The van der Waals surface area contributed by atoms with Gasteiger partial charge in [-0.1, -0.05) is 17.7 Å². The number of aliphatic carboxylic acids is 1. The third-order valence-corrected chi connectivity index (χ3v) is 3.54. The Morgan fingerprint density at radius 2 is 2.11 bits per heavy atom. The van der Waals surface area contributed by atoms with E-state index in [4.69, 9.17) is 5.11 Å². The van der Waals surface area contributed by atoms with Crippen LogP contribution in [0.3, 0.4) is 0 Å². The lowest BCUT2D eigenvalue weighted by atomic mass is 9.90. The van der Waals surface area contributed by atoms with Crippen LogP contribution in [0.5, 0.6) is 0 Å². The second-order valence-corrected chi connectivity index (χ2v) is 5.21. The molecule has 1 heterocycles. The van der Waals surface area contributed by atoms with Crippen LogP contribution in [0.4, 0.5) is 0 Å². The minimum absolute atomic E-state index is 0.0799. The molecule has 0 radical (unpaired) electrons. The van der Waals surface area contributed by atoms with Crippen molar-refractivity contribution < 1.29 is 14.7 Å². The van der Waals surface area contributed by atoms with Gasteiger partial charge in [-0.2, -0.15) is 0 Å². The molecule has 1 aromatic rings. The van der Waals surface area contributed by atoms with Gasteiger partial charge in [0, 0.05) is 18.7 Å². The van der Waals surface area contributed by atoms with Crippen molar-refractivity contribution in [2.45, 2.75) is 20.3 Å². The third-order valence-electron chi connectivity index (χ3n) is 3.54. The zero-order valence-corrected chi connectivity index (χ0v) is 10.6. The molecule has 1 aliphatic heterocycles. The quantitative estimate of drug-likeness (QED) is 0.868. The van der Waals surface area contributed by atoms with Crippen LogP contribution < -0.4 is 0 Å². The van der Waals surface area contributed by atoms with Crippen LogP contribution in [0.2, 0.25) is 0 Å². The molecule has 1 unspecified atom stereocenters. The Kier molecular flexibility index (Phi) is 3.11. The lowest BCUT2D eigenvalue weighted by Crippen LogP contribution is -2.34. The van der Waals surface area contributed by atoms with Crippen LogP contribution in [0, 0.1) is 12.3 Å². The van der Waals surface area contributed by atoms with Gasteiger partial charge in [0.15, 0.2) is 0 Å². The molecule has 1 aliphatic rings. The molecule has 0 saturated carbocycles. The highest BCUT2D eigenvalue weighted by atomic mass is 16.4. The lowest BCUT2D eigenvalue weighted by molar-refractivity contribution is -0.147. The summed E-state index contributed by atoms with van der Waals surface area (Å²) in [6.45, 7) is 4.42. The SMILES string of the molecule is Cc1cccc(C(=O)N2CCC(C)(C(=O)O)C2)c1. The Balaban J connectivity index is 2.15. The van der Waals surface area contributed by atoms with Crippen LogP contribution >= 0.6 is 0 Å². The highest BCUT2D eigenvalue weighted by molar-refractivity contribution is 5.95. The average molecular weight is 247 g/mol. The van der Waals surface area contributed by atoms with Gasteiger partial charge in [0.1, 0.15) is 0 Å². The zero-order chi connectivity index (χ0) is 13.3. The summed E-state index contributed by atoms with van der Waals surface area (Å²) in [5.41, 5.74) is 0.852. The van der Waals surface area contributed by atoms with Gasteiger partial charge in [-0.05, 0) is 32.4 Å². The van der Waals surface area contributed by atoms with E-state index in [9.17, 15) is 9.59 Å². The number of aryl methyl sites for hydroxylation is 1. The summed E-state index contributed by atoms with van der Waals surface area (Å²) in [6.07, 6.45) is 0.514. The van der Waals surface area contributed by atoms with Crippen LogP contribution in [0.25, 0.3) is 0 Å².